The predicted octanol–water partition coefficient (Wildman–Crippen LogP) is 4.87. The van der Waals surface area contributed by atoms with Crippen LogP contribution < -0.4 is 10.6 Å². The number of halogens is 1. The third kappa shape index (κ3) is 6.08. The lowest BCUT2D eigenvalue weighted by molar-refractivity contribution is -0.115. The zero-order chi connectivity index (χ0) is 21.7. The van der Waals surface area contributed by atoms with Crippen LogP contribution in [-0.2, 0) is 16.0 Å². The van der Waals surface area contributed by atoms with Crippen LogP contribution in [0.3, 0.4) is 0 Å². The van der Waals surface area contributed by atoms with E-state index < -0.39 is 23.4 Å². The largest absolute Gasteiger partial charge is 0.444 e. The summed E-state index contributed by atoms with van der Waals surface area (Å²) in [4.78, 5) is 33.0. The normalized spacial score (nSPS) is 11.1. The van der Waals surface area contributed by atoms with Gasteiger partial charge < -0.3 is 10.1 Å². The van der Waals surface area contributed by atoms with Crippen LogP contribution in [0.5, 0.6) is 0 Å². The van der Waals surface area contributed by atoms with Crippen LogP contribution in [0.25, 0.3) is 10.6 Å². The first-order valence-corrected chi connectivity index (χ1v) is 10.0. The lowest BCUT2D eigenvalue weighted by atomic mass is 10.2. The summed E-state index contributed by atoms with van der Waals surface area (Å²) >= 11 is 1.41. The van der Waals surface area contributed by atoms with Gasteiger partial charge in [0.2, 0.25) is 5.91 Å². The second-order valence-electron chi connectivity index (χ2n) is 7.43. The first kappa shape index (κ1) is 21.4. The van der Waals surface area contributed by atoms with E-state index in [1.54, 1.807) is 38.5 Å². The molecule has 0 saturated carbocycles. The Morgan fingerprint density at radius 3 is 2.67 bits per heavy atom. The van der Waals surface area contributed by atoms with Crippen molar-refractivity contribution in [1.82, 2.24) is 9.97 Å². The number of nitrogens with zero attached hydrogens (tertiary/aromatic N) is 2. The molecule has 0 aliphatic heterocycles. The van der Waals surface area contributed by atoms with Crippen molar-refractivity contribution in [3.05, 3.63) is 59.6 Å². The molecule has 0 fully saturated rings. The van der Waals surface area contributed by atoms with Crippen LogP contribution in [0.2, 0.25) is 0 Å². The van der Waals surface area contributed by atoms with Crippen LogP contribution in [0.4, 0.5) is 20.6 Å². The molecule has 3 rings (SSSR count). The third-order valence-electron chi connectivity index (χ3n) is 3.69. The van der Waals surface area contributed by atoms with Gasteiger partial charge in [-0.25, -0.2) is 14.2 Å². The molecule has 3 aromatic rings. The van der Waals surface area contributed by atoms with Crippen LogP contribution in [0.1, 0.15) is 26.5 Å². The fraction of sp³-hybridized carbons (Fsp3) is 0.238. The Kier molecular flexibility index (Phi) is 6.41. The third-order valence-corrected chi connectivity index (χ3v) is 4.63. The number of hydrogen-bond donors (Lipinski definition) is 2. The van der Waals surface area contributed by atoms with E-state index in [-0.39, 0.29) is 17.8 Å². The molecule has 2 amide bonds. The SMILES string of the molecule is CC(C)(C)OC(=O)Nc1ccc(F)cc1NC(=O)Cc1csc(-c2cccnc2)n1. The molecule has 0 atom stereocenters. The molecule has 0 saturated heterocycles. The number of aromatic nitrogens is 2. The first-order chi connectivity index (χ1) is 14.2. The number of hydrogen-bond acceptors (Lipinski definition) is 6. The fourth-order valence-electron chi connectivity index (χ4n) is 2.51. The zero-order valence-corrected chi connectivity index (χ0v) is 17.5. The molecule has 156 valence electrons. The van der Waals surface area contributed by atoms with Gasteiger partial charge in [0.1, 0.15) is 16.4 Å². The van der Waals surface area contributed by atoms with Crippen LogP contribution in [0, 0.1) is 5.82 Å². The maximum absolute atomic E-state index is 13.7. The molecule has 1 aromatic carbocycles. The van der Waals surface area contributed by atoms with Crippen molar-refractivity contribution < 1.29 is 18.7 Å². The topological polar surface area (TPSA) is 93.2 Å². The molecule has 7 nitrogen and oxygen atoms in total. The minimum atomic E-state index is -0.703. The Morgan fingerprint density at radius 2 is 1.97 bits per heavy atom. The number of nitrogens with one attached hydrogen (secondary N) is 2. The molecular weight excluding hydrogens is 407 g/mol. The van der Waals surface area contributed by atoms with Gasteiger partial charge in [0.05, 0.1) is 23.5 Å². The van der Waals surface area contributed by atoms with E-state index in [0.29, 0.717) is 5.69 Å². The number of amides is 2. The second kappa shape index (κ2) is 9.00. The van der Waals surface area contributed by atoms with Crippen LogP contribution >= 0.6 is 11.3 Å². The number of carbonyl (C=O) groups is 2. The molecule has 0 bridgehead atoms. The number of pyridine rings is 1. The van der Waals surface area contributed by atoms with Crippen LogP contribution in [-0.4, -0.2) is 27.6 Å². The maximum atomic E-state index is 13.7. The number of rotatable bonds is 5. The molecule has 30 heavy (non-hydrogen) atoms. The van der Waals surface area contributed by atoms with Gasteiger partial charge in [0.25, 0.3) is 0 Å². The number of ether oxygens (including phenoxy) is 1. The van der Waals surface area contributed by atoms with E-state index in [9.17, 15) is 14.0 Å². The van der Waals surface area contributed by atoms with E-state index in [1.165, 1.54) is 23.5 Å². The van der Waals surface area contributed by atoms with E-state index >= 15 is 0 Å². The number of anilines is 2. The van der Waals surface area contributed by atoms with Gasteiger partial charge in [-0.2, -0.15) is 0 Å². The van der Waals surface area contributed by atoms with Gasteiger partial charge in [0, 0.05) is 23.3 Å². The van der Waals surface area contributed by atoms with Crippen molar-refractivity contribution in [2.45, 2.75) is 32.8 Å². The molecule has 0 spiro atoms. The van der Waals surface area contributed by atoms with Crippen molar-refractivity contribution in [1.29, 1.82) is 0 Å². The smallest absolute Gasteiger partial charge is 0.412 e. The lowest BCUT2D eigenvalue weighted by Gasteiger charge is -2.20. The summed E-state index contributed by atoms with van der Waals surface area (Å²) in [6.45, 7) is 5.19. The van der Waals surface area contributed by atoms with Gasteiger partial charge in [-0.15, -0.1) is 11.3 Å². The van der Waals surface area contributed by atoms with Crippen molar-refractivity contribution in [2.24, 2.45) is 0 Å². The summed E-state index contributed by atoms with van der Waals surface area (Å²) in [5.41, 5.74) is 1.11. The Morgan fingerprint density at radius 1 is 1.17 bits per heavy atom. The highest BCUT2D eigenvalue weighted by Gasteiger charge is 2.18. The average molecular weight is 428 g/mol. The molecule has 0 aliphatic carbocycles. The van der Waals surface area contributed by atoms with Gasteiger partial charge >= 0.3 is 6.09 Å². The number of thiazole rings is 1. The lowest BCUT2D eigenvalue weighted by Crippen LogP contribution is -2.27. The Labute approximate surface area is 177 Å². The number of benzene rings is 1. The summed E-state index contributed by atoms with van der Waals surface area (Å²) in [5.74, 6) is -0.941. The Hall–Kier alpha value is -3.33. The van der Waals surface area contributed by atoms with E-state index in [1.807, 2.05) is 12.1 Å². The molecule has 9 heteroatoms. The highest BCUT2D eigenvalue weighted by molar-refractivity contribution is 7.13. The molecular formula is C21H21FN4O3S. The van der Waals surface area contributed by atoms with Crippen molar-refractivity contribution in [2.75, 3.05) is 10.6 Å². The quantitative estimate of drug-likeness (QED) is 0.605. The molecule has 2 heterocycles. The van der Waals surface area contributed by atoms with Crippen molar-refractivity contribution >= 4 is 34.7 Å². The summed E-state index contributed by atoms with van der Waals surface area (Å²) in [6, 6.07) is 7.37. The summed E-state index contributed by atoms with van der Waals surface area (Å²) < 4.78 is 18.9. The van der Waals surface area contributed by atoms with Gasteiger partial charge in [-0.1, -0.05) is 0 Å². The van der Waals surface area contributed by atoms with Crippen LogP contribution in [0.15, 0.2) is 48.1 Å². The molecule has 0 aliphatic rings. The Bertz CT molecular complexity index is 1050. The summed E-state index contributed by atoms with van der Waals surface area (Å²) in [6.07, 6.45) is 2.67. The molecule has 0 radical (unpaired) electrons. The van der Waals surface area contributed by atoms with Crippen molar-refractivity contribution in [3.63, 3.8) is 0 Å². The average Bonchev–Trinajstić information content (AvgIpc) is 3.11. The standard InChI is InChI=1S/C21H21FN4O3S/c1-21(2,3)29-20(28)26-16-7-6-14(22)9-17(16)25-18(27)10-15-12-30-19(24-15)13-5-4-8-23-11-13/h4-9,11-12H,10H2,1-3H3,(H,25,27)(H,26,28). The highest BCUT2D eigenvalue weighted by atomic mass is 32.1. The second-order valence-corrected chi connectivity index (χ2v) is 8.29. The van der Waals surface area contributed by atoms with Gasteiger partial charge in [0.15, 0.2) is 0 Å². The molecule has 2 aromatic heterocycles. The minimum absolute atomic E-state index is 0.000840. The van der Waals surface area contributed by atoms with Gasteiger partial charge in [-0.05, 0) is 51.1 Å². The predicted molar refractivity (Wildman–Crippen MR) is 114 cm³/mol. The van der Waals surface area contributed by atoms with Crippen molar-refractivity contribution in [3.8, 4) is 10.6 Å². The highest BCUT2D eigenvalue weighted by Crippen LogP contribution is 2.25. The zero-order valence-electron chi connectivity index (χ0n) is 16.7. The van der Waals surface area contributed by atoms with E-state index in [2.05, 4.69) is 20.6 Å². The maximum Gasteiger partial charge on any atom is 0.412 e. The molecule has 2 N–H and O–H groups in total. The first-order valence-electron chi connectivity index (χ1n) is 9.14. The molecule has 0 unspecified atom stereocenters. The summed E-state index contributed by atoms with van der Waals surface area (Å²) in [7, 11) is 0. The monoisotopic (exact) mass is 428 g/mol. The fourth-order valence-corrected chi connectivity index (χ4v) is 3.32. The Balaban J connectivity index is 1.68. The van der Waals surface area contributed by atoms with E-state index in [4.69, 9.17) is 4.74 Å². The minimum Gasteiger partial charge on any atom is -0.444 e. The summed E-state index contributed by atoms with van der Waals surface area (Å²) in [5, 5.41) is 7.68. The van der Waals surface area contributed by atoms with E-state index in [0.717, 1.165) is 16.6 Å². The number of carbonyl (C=O) groups excluding carboxylic acids is 2. The van der Waals surface area contributed by atoms with Gasteiger partial charge in [-0.3, -0.25) is 15.1 Å².